The SMILES string of the molecule is CCCCC(=O)Nc1ccc(-n2nc(OCCOCC)nc2-c2cccc(F)c2)cc1. The maximum atomic E-state index is 13.8. The van der Waals surface area contributed by atoms with Crippen molar-refractivity contribution < 1.29 is 18.7 Å². The molecule has 0 bridgehead atoms. The third kappa shape index (κ3) is 6.36. The molecule has 31 heavy (non-hydrogen) atoms. The van der Waals surface area contributed by atoms with Gasteiger partial charge in [-0.2, -0.15) is 4.98 Å². The highest BCUT2D eigenvalue weighted by atomic mass is 19.1. The maximum absolute atomic E-state index is 13.8. The number of unbranched alkanes of at least 4 members (excludes halogenated alkanes) is 1. The summed E-state index contributed by atoms with van der Waals surface area (Å²) >= 11 is 0. The molecule has 1 N–H and O–H groups in total. The highest BCUT2D eigenvalue weighted by Crippen LogP contribution is 2.25. The molecule has 1 aromatic heterocycles. The standard InChI is InChI=1S/C23H27FN4O3/c1-3-5-9-21(29)25-19-10-12-20(13-11-19)28-22(17-7-6-8-18(24)16-17)26-23(27-28)31-15-14-30-4-2/h6-8,10-13,16H,3-5,9,14-15H2,1-2H3,(H,25,29). The molecule has 8 heteroatoms. The molecule has 7 nitrogen and oxygen atoms in total. The van der Waals surface area contributed by atoms with Crippen molar-refractivity contribution in [2.45, 2.75) is 33.1 Å². The van der Waals surface area contributed by atoms with Gasteiger partial charge in [-0.3, -0.25) is 4.79 Å². The number of hydrogen-bond acceptors (Lipinski definition) is 5. The van der Waals surface area contributed by atoms with Crippen LogP contribution in [0.1, 0.15) is 33.1 Å². The van der Waals surface area contributed by atoms with E-state index in [1.807, 2.05) is 26.0 Å². The van der Waals surface area contributed by atoms with Gasteiger partial charge in [0.25, 0.3) is 0 Å². The van der Waals surface area contributed by atoms with Crippen LogP contribution >= 0.6 is 0 Å². The Morgan fingerprint density at radius 1 is 1.13 bits per heavy atom. The topological polar surface area (TPSA) is 78.3 Å². The smallest absolute Gasteiger partial charge is 0.336 e. The van der Waals surface area contributed by atoms with Crippen LogP contribution in [0.25, 0.3) is 17.1 Å². The molecule has 1 amide bonds. The van der Waals surface area contributed by atoms with Gasteiger partial charge >= 0.3 is 6.01 Å². The van der Waals surface area contributed by atoms with E-state index in [0.29, 0.717) is 49.0 Å². The Hall–Kier alpha value is -3.26. The minimum atomic E-state index is -0.365. The van der Waals surface area contributed by atoms with Gasteiger partial charge in [-0.05, 0) is 49.7 Å². The van der Waals surface area contributed by atoms with Gasteiger partial charge in [-0.15, -0.1) is 5.10 Å². The molecule has 0 aliphatic rings. The molecule has 0 saturated carbocycles. The third-order valence-electron chi connectivity index (χ3n) is 4.49. The molecule has 0 aliphatic carbocycles. The van der Waals surface area contributed by atoms with Crippen LogP contribution in [0.4, 0.5) is 10.1 Å². The lowest BCUT2D eigenvalue weighted by atomic mass is 10.2. The lowest BCUT2D eigenvalue weighted by molar-refractivity contribution is -0.116. The molecule has 0 atom stereocenters. The second-order valence-electron chi connectivity index (χ2n) is 6.88. The fourth-order valence-electron chi connectivity index (χ4n) is 2.93. The number of aromatic nitrogens is 3. The summed E-state index contributed by atoms with van der Waals surface area (Å²) in [5.41, 5.74) is 1.98. The number of nitrogens with one attached hydrogen (secondary N) is 1. The quantitative estimate of drug-likeness (QED) is 0.453. The fourth-order valence-corrected chi connectivity index (χ4v) is 2.93. The molecule has 0 spiro atoms. The van der Waals surface area contributed by atoms with Crippen LogP contribution in [-0.4, -0.2) is 40.5 Å². The molecule has 2 aromatic carbocycles. The Morgan fingerprint density at radius 2 is 1.94 bits per heavy atom. The lowest BCUT2D eigenvalue weighted by Crippen LogP contribution is -2.11. The number of rotatable bonds is 11. The average molecular weight is 426 g/mol. The molecule has 0 fully saturated rings. The second kappa shape index (κ2) is 11.2. The first-order valence-corrected chi connectivity index (χ1v) is 10.4. The van der Waals surface area contributed by atoms with Crippen LogP contribution in [0.15, 0.2) is 48.5 Å². The van der Waals surface area contributed by atoms with Gasteiger partial charge in [-0.1, -0.05) is 25.5 Å². The Morgan fingerprint density at radius 3 is 2.65 bits per heavy atom. The monoisotopic (exact) mass is 426 g/mol. The first kappa shape index (κ1) is 22.4. The fraction of sp³-hybridized carbons (Fsp3) is 0.348. The van der Waals surface area contributed by atoms with E-state index < -0.39 is 0 Å². The predicted octanol–water partition coefficient (Wildman–Crippen LogP) is 4.62. The van der Waals surface area contributed by atoms with E-state index in [0.717, 1.165) is 12.8 Å². The summed E-state index contributed by atoms with van der Waals surface area (Å²) in [4.78, 5) is 16.4. The van der Waals surface area contributed by atoms with Crippen LogP contribution in [-0.2, 0) is 9.53 Å². The Labute approximate surface area is 181 Å². The summed E-state index contributed by atoms with van der Waals surface area (Å²) in [7, 11) is 0. The summed E-state index contributed by atoms with van der Waals surface area (Å²) in [6, 6.07) is 13.6. The number of anilines is 1. The van der Waals surface area contributed by atoms with Gasteiger partial charge < -0.3 is 14.8 Å². The summed E-state index contributed by atoms with van der Waals surface area (Å²) in [6.45, 7) is 5.28. The van der Waals surface area contributed by atoms with Crippen LogP contribution < -0.4 is 10.1 Å². The van der Waals surface area contributed by atoms with E-state index in [2.05, 4.69) is 15.4 Å². The molecule has 0 unspecified atom stereocenters. The molecule has 0 radical (unpaired) electrons. The van der Waals surface area contributed by atoms with E-state index >= 15 is 0 Å². The van der Waals surface area contributed by atoms with Crippen molar-refractivity contribution in [2.75, 3.05) is 25.1 Å². The number of benzene rings is 2. The van der Waals surface area contributed by atoms with E-state index in [1.165, 1.54) is 12.1 Å². The molecule has 3 rings (SSSR count). The summed E-state index contributed by atoms with van der Waals surface area (Å²) in [5, 5.41) is 7.32. The van der Waals surface area contributed by atoms with Gasteiger partial charge in [0, 0.05) is 24.3 Å². The molecule has 1 heterocycles. The van der Waals surface area contributed by atoms with E-state index in [9.17, 15) is 9.18 Å². The van der Waals surface area contributed by atoms with Gasteiger partial charge in [0.1, 0.15) is 12.4 Å². The van der Waals surface area contributed by atoms with Crippen molar-refractivity contribution in [1.29, 1.82) is 0 Å². The molecule has 0 saturated heterocycles. The number of ether oxygens (including phenoxy) is 2. The number of carbonyl (C=O) groups is 1. The van der Waals surface area contributed by atoms with Gasteiger partial charge in [0.15, 0.2) is 5.82 Å². The Bertz CT molecular complexity index is 989. The first-order valence-electron chi connectivity index (χ1n) is 10.4. The van der Waals surface area contributed by atoms with Gasteiger partial charge in [0.05, 0.1) is 12.3 Å². The van der Waals surface area contributed by atoms with Crippen molar-refractivity contribution in [3.05, 3.63) is 54.3 Å². The Kier molecular flexibility index (Phi) is 8.12. The molecule has 164 valence electrons. The van der Waals surface area contributed by atoms with Crippen LogP contribution in [0.5, 0.6) is 6.01 Å². The Balaban J connectivity index is 1.84. The zero-order chi connectivity index (χ0) is 22.1. The molecular formula is C23H27FN4O3. The number of amides is 1. The van der Waals surface area contributed by atoms with Crippen molar-refractivity contribution in [2.24, 2.45) is 0 Å². The first-order chi connectivity index (χ1) is 15.1. The van der Waals surface area contributed by atoms with Crippen molar-refractivity contribution >= 4 is 11.6 Å². The zero-order valence-corrected chi connectivity index (χ0v) is 17.8. The summed E-state index contributed by atoms with van der Waals surface area (Å²) in [6.07, 6.45) is 2.32. The third-order valence-corrected chi connectivity index (χ3v) is 4.49. The minimum Gasteiger partial charge on any atom is -0.460 e. The maximum Gasteiger partial charge on any atom is 0.336 e. The van der Waals surface area contributed by atoms with Crippen molar-refractivity contribution in [3.8, 4) is 23.1 Å². The predicted molar refractivity (Wildman–Crippen MR) is 117 cm³/mol. The summed E-state index contributed by atoms with van der Waals surface area (Å²) < 4.78 is 26.3. The van der Waals surface area contributed by atoms with Gasteiger partial charge in [0.2, 0.25) is 5.91 Å². The number of halogens is 1. The largest absolute Gasteiger partial charge is 0.460 e. The van der Waals surface area contributed by atoms with E-state index in [4.69, 9.17) is 9.47 Å². The number of carbonyl (C=O) groups excluding carboxylic acids is 1. The van der Waals surface area contributed by atoms with E-state index in [1.54, 1.807) is 28.9 Å². The highest BCUT2D eigenvalue weighted by molar-refractivity contribution is 5.90. The lowest BCUT2D eigenvalue weighted by Gasteiger charge is -2.08. The minimum absolute atomic E-state index is 0.0132. The van der Waals surface area contributed by atoms with Crippen molar-refractivity contribution in [3.63, 3.8) is 0 Å². The highest BCUT2D eigenvalue weighted by Gasteiger charge is 2.15. The molecular weight excluding hydrogens is 399 g/mol. The van der Waals surface area contributed by atoms with Crippen molar-refractivity contribution in [1.82, 2.24) is 14.8 Å². The molecule has 3 aromatic rings. The zero-order valence-electron chi connectivity index (χ0n) is 17.8. The van der Waals surface area contributed by atoms with Crippen LogP contribution in [0, 0.1) is 5.82 Å². The summed E-state index contributed by atoms with van der Waals surface area (Å²) in [5.74, 6) is 0.0717. The average Bonchev–Trinajstić information content (AvgIpc) is 3.20. The van der Waals surface area contributed by atoms with Crippen LogP contribution in [0.3, 0.4) is 0 Å². The number of hydrogen-bond donors (Lipinski definition) is 1. The molecule has 0 aliphatic heterocycles. The normalized spacial score (nSPS) is 10.8. The van der Waals surface area contributed by atoms with Gasteiger partial charge in [-0.25, -0.2) is 9.07 Å². The van der Waals surface area contributed by atoms with Crippen LogP contribution in [0.2, 0.25) is 0 Å². The second-order valence-corrected chi connectivity index (χ2v) is 6.88. The van der Waals surface area contributed by atoms with E-state index in [-0.39, 0.29) is 17.7 Å². The number of nitrogens with zero attached hydrogens (tertiary/aromatic N) is 3.